The normalized spacial score (nSPS) is 9.94. The molecule has 0 spiro atoms. The molecule has 0 aliphatic rings. The number of hydrogen-bond donors (Lipinski definition) is 1. The van der Waals surface area contributed by atoms with Crippen molar-refractivity contribution in [3.8, 4) is 17.3 Å². The first-order valence-corrected chi connectivity index (χ1v) is 5.49. The van der Waals surface area contributed by atoms with Crippen molar-refractivity contribution in [2.24, 2.45) is 0 Å². The molecular weight excluding hydrogens is 257 g/mol. The van der Waals surface area contributed by atoms with E-state index in [9.17, 15) is 0 Å². The number of nitrogens with two attached hydrogens (primary N) is 1. The summed E-state index contributed by atoms with van der Waals surface area (Å²) < 4.78 is 0. The lowest BCUT2D eigenvalue weighted by Gasteiger charge is -2.04. The fourth-order valence-electron chi connectivity index (χ4n) is 1.39. The molecule has 1 aromatic heterocycles. The number of nitrogens with zero attached hydrogens (tertiary/aromatic N) is 2. The van der Waals surface area contributed by atoms with Crippen molar-refractivity contribution in [2.45, 2.75) is 0 Å². The average molecular weight is 264 g/mol. The Bertz CT molecular complexity index is 618. The fraction of sp³-hybridized carbons (Fsp3) is 0. The van der Waals surface area contributed by atoms with Crippen LogP contribution in [0.1, 0.15) is 5.56 Å². The van der Waals surface area contributed by atoms with Gasteiger partial charge in [-0.1, -0.05) is 29.3 Å². The fourth-order valence-corrected chi connectivity index (χ4v) is 1.68. The zero-order valence-electron chi connectivity index (χ0n) is 8.61. The summed E-state index contributed by atoms with van der Waals surface area (Å²) in [5.74, 6) is 0.205. The number of pyridine rings is 1. The number of halogens is 2. The number of hydrogen-bond acceptors (Lipinski definition) is 3. The number of nitriles is 1. The van der Waals surface area contributed by atoms with Crippen LogP contribution in [0.5, 0.6) is 0 Å². The van der Waals surface area contributed by atoms with Crippen molar-refractivity contribution in [3.05, 3.63) is 45.9 Å². The molecule has 0 saturated carbocycles. The van der Waals surface area contributed by atoms with Gasteiger partial charge in [0.25, 0.3) is 0 Å². The molecule has 0 radical (unpaired) electrons. The van der Waals surface area contributed by atoms with Gasteiger partial charge in [0.2, 0.25) is 0 Å². The van der Waals surface area contributed by atoms with Crippen molar-refractivity contribution < 1.29 is 0 Å². The van der Waals surface area contributed by atoms with Gasteiger partial charge >= 0.3 is 0 Å². The molecular formula is C12H7Cl2N3. The smallest absolute Gasteiger partial charge is 0.142 e. The third kappa shape index (κ3) is 2.33. The van der Waals surface area contributed by atoms with Gasteiger partial charge in [-0.15, -0.1) is 0 Å². The predicted molar refractivity (Wildman–Crippen MR) is 68.8 cm³/mol. The Labute approximate surface area is 108 Å². The van der Waals surface area contributed by atoms with Crippen molar-refractivity contribution in [1.82, 2.24) is 4.98 Å². The zero-order chi connectivity index (χ0) is 12.4. The van der Waals surface area contributed by atoms with Crippen LogP contribution in [0, 0.1) is 11.3 Å². The van der Waals surface area contributed by atoms with E-state index in [1.807, 2.05) is 6.07 Å². The first-order chi connectivity index (χ1) is 8.11. The molecule has 2 rings (SSSR count). The van der Waals surface area contributed by atoms with Gasteiger partial charge in [-0.25, -0.2) is 4.98 Å². The van der Waals surface area contributed by atoms with Crippen molar-refractivity contribution in [3.63, 3.8) is 0 Å². The van der Waals surface area contributed by atoms with Crippen LogP contribution >= 0.6 is 23.2 Å². The maximum atomic E-state index is 8.75. The minimum Gasteiger partial charge on any atom is -0.383 e. The number of rotatable bonds is 1. The van der Waals surface area contributed by atoms with Gasteiger partial charge in [0, 0.05) is 5.56 Å². The summed E-state index contributed by atoms with van der Waals surface area (Å²) in [5, 5.41) is 9.69. The molecule has 0 unspecified atom stereocenters. The molecule has 84 valence electrons. The second-order valence-corrected chi connectivity index (χ2v) is 4.18. The highest BCUT2D eigenvalue weighted by Gasteiger charge is 2.06. The molecule has 2 aromatic rings. The Balaban J connectivity index is 2.50. The molecule has 0 fully saturated rings. The lowest BCUT2D eigenvalue weighted by Crippen LogP contribution is -1.96. The molecule has 0 bridgehead atoms. The van der Waals surface area contributed by atoms with E-state index in [-0.39, 0.29) is 5.82 Å². The summed E-state index contributed by atoms with van der Waals surface area (Å²) in [7, 11) is 0. The van der Waals surface area contributed by atoms with Crippen LogP contribution in [-0.2, 0) is 0 Å². The second-order valence-electron chi connectivity index (χ2n) is 3.37. The van der Waals surface area contributed by atoms with E-state index < -0.39 is 0 Å². The third-order valence-electron chi connectivity index (χ3n) is 2.26. The number of benzene rings is 1. The lowest BCUT2D eigenvalue weighted by molar-refractivity contribution is 1.31. The zero-order valence-corrected chi connectivity index (χ0v) is 10.1. The minimum absolute atomic E-state index is 0.205. The molecule has 3 nitrogen and oxygen atoms in total. The molecule has 1 heterocycles. The van der Waals surface area contributed by atoms with Crippen LogP contribution in [0.3, 0.4) is 0 Å². The SMILES string of the molecule is N#Cc1ccc(-c2ccc(Cl)c(Cl)c2)nc1N. The highest BCUT2D eigenvalue weighted by molar-refractivity contribution is 6.42. The Morgan fingerprint density at radius 2 is 1.88 bits per heavy atom. The van der Waals surface area contributed by atoms with Gasteiger partial charge in [0.1, 0.15) is 11.9 Å². The van der Waals surface area contributed by atoms with E-state index in [0.29, 0.717) is 21.3 Å². The lowest BCUT2D eigenvalue weighted by atomic mass is 10.1. The Morgan fingerprint density at radius 1 is 1.12 bits per heavy atom. The average Bonchev–Trinajstić information content (AvgIpc) is 2.32. The molecule has 0 atom stereocenters. The maximum absolute atomic E-state index is 8.75. The summed E-state index contributed by atoms with van der Waals surface area (Å²) in [6, 6.07) is 10.5. The van der Waals surface area contributed by atoms with Crippen LogP contribution in [0.2, 0.25) is 10.0 Å². The molecule has 2 N–H and O–H groups in total. The van der Waals surface area contributed by atoms with Crippen LogP contribution in [0.25, 0.3) is 11.3 Å². The van der Waals surface area contributed by atoms with Crippen LogP contribution in [0.4, 0.5) is 5.82 Å². The molecule has 0 saturated heterocycles. The van der Waals surface area contributed by atoms with Crippen molar-refractivity contribution >= 4 is 29.0 Å². The number of aromatic nitrogens is 1. The van der Waals surface area contributed by atoms with E-state index in [4.69, 9.17) is 34.2 Å². The van der Waals surface area contributed by atoms with Crippen LogP contribution < -0.4 is 5.73 Å². The topological polar surface area (TPSA) is 62.7 Å². The Morgan fingerprint density at radius 3 is 2.47 bits per heavy atom. The van der Waals surface area contributed by atoms with E-state index in [2.05, 4.69) is 4.98 Å². The van der Waals surface area contributed by atoms with Gasteiger partial charge in [-0.3, -0.25) is 0 Å². The first-order valence-electron chi connectivity index (χ1n) is 4.74. The third-order valence-corrected chi connectivity index (χ3v) is 3.00. The number of anilines is 1. The predicted octanol–water partition coefficient (Wildman–Crippen LogP) is 3.51. The molecule has 17 heavy (non-hydrogen) atoms. The molecule has 1 aromatic carbocycles. The minimum atomic E-state index is 0.205. The van der Waals surface area contributed by atoms with Gasteiger partial charge in [0.15, 0.2) is 0 Å². The quantitative estimate of drug-likeness (QED) is 0.857. The highest BCUT2D eigenvalue weighted by atomic mass is 35.5. The van der Waals surface area contributed by atoms with E-state index in [0.717, 1.165) is 5.56 Å². The van der Waals surface area contributed by atoms with Gasteiger partial charge in [-0.05, 0) is 24.3 Å². The first kappa shape index (κ1) is 11.7. The van der Waals surface area contributed by atoms with E-state index in [1.54, 1.807) is 30.3 Å². The van der Waals surface area contributed by atoms with E-state index >= 15 is 0 Å². The van der Waals surface area contributed by atoms with Gasteiger partial charge < -0.3 is 5.73 Å². The monoisotopic (exact) mass is 263 g/mol. The summed E-state index contributed by atoms with van der Waals surface area (Å²) in [6.45, 7) is 0. The van der Waals surface area contributed by atoms with Crippen molar-refractivity contribution in [1.29, 1.82) is 5.26 Å². The van der Waals surface area contributed by atoms with Crippen LogP contribution in [-0.4, -0.2) is 4.98 Å². The molecule has 0 amide bonds. The largest absolute Gasteiger partial charge is 0.383 e. The second kappa shape index (κ2) is 4.62. The molecule has 5 heteroatoms. The summed E-state index contributed by atoms with van der Waals surface area (Å²) >= 11 is 11.7. The number of nitrogen functional groups attached to an aromatic ring is 1. The summed E-state index contributed by atoms with van der Waals surface area (Å²) in [5.41, 5.74) is 7.45. The van der Waals surface area contributed by atoms with Gasteiger partial charge in [-0.2, -0.15) is 5.26 Å². The van der Waals surface area contributed by atoms with Gasteiger partial charge in [0.05, 0.1) is 21.3 Å². The summed E-state index contributed by atoms with van der Waals surface area (Å²) in [6.07, 6.45) is 0. The Kier molecular flexibility index (Phi) is 3.19. The van der Waals surface area contributed by atoms with Crippen LogP contribution in [0.15, 0.2) is 30.3 Å². The molecule has 0 aliphatic heterocycles. The highest BCUT2D eigenvalue weighted by Crippen LogP contribution is 2.28. The maximum Gasteiger partial charge on any atom is 0.142 e. The van der Waals surface area contributed by atoms with Crippen molar-refractivity contribution in [2.75, 3.05) is 5.73 Å². The van der Waals surface area contributed by atoms with E-state index in [1.165, 1.54) is 0 Å². The summed E-state index contributed by atoms with van der Waals surface area (Å²) in [4.78, 5) is 4.14. The Hall–Kier alpha value is -1.76. The molecule has 0 aliphatic carbocycles. The standard InChI is InChI=1S/C12H7Cl2N3/c13-9-3-1-7(5-10(9)14)11-4-2-8(6-15)12(16)17-11/h1-5H,(H2,16,17).